The van der Waals surface area contributed by atoms with Crippen molar-refractivity contribution in [3.63, 3.8) is 0 Å². The number of carbonyl (C=O) groups excluding carboxylic acids is 1. The van der Waals surface area contributed by atoms with Gasteiger partial charge in [-0.3, -0.25) is 9.00 Å². The Labute approximate surface area is 113 Å². The first-order chi connectivity index (χ1) is 8.67. The maximum Gasteiger partial charge on any atom is 0.232 e. The van der Waals surface area contributed by atoms with E-state index in [9.17, 15) is 9.00 Å². The molecule has 3 atom stereocenters. The van der Waals surface area contributed by atoms with Gasteiger partial charge in [0.25, 0.3) is 0 Å². The molecule has 0 radical (unpaired) electrons. The van der Waals surface area contributed by atoms with Crippen molar-refractivity contribution < 1.29 is 9.00 Å². The fraction of sp³-hybridized carbons (Fsp3) is 0.923. The summed E-state index contributed by atoms with van der Waals surface area (Å²) in [5, 5.41) is 6.09. The monoisotopic (exact) mass is 274 g/mol. The lowest BCUT2D eigenvalue weighted by Crippen LogP contribution is -2.31. The van der Waals surface area contributed by atoms with E-state index in [4.69, 9.17) is 0 Å². The van der Waals surface area contributed by atoms with Crippen molar-refractivity contribution in [1.82, 2.24) is 10.6 Å². The van der Waals surface area contributed by atoms with E-state index in [1.54, 1.807) is 0 Å². The van der Waals surface area contributed by atoms with E-state index in [2.05, 4.69) is 10.6 Å². The second-order valence-corrected chi connectivity index (χ2v) is 6.59. The van der Waals surface area contributed by atoms with Gasteiger partial charge in [-0.1, -0.05) is 13.3 Å². The molecule has 0 bridgehead atoms. The van der Waals surface area contributed by atoms with E-state index < -0.39 is 10.8 Å². The summed E-state index contributed by atoms with van der Waals surface area (Å²) in [6, 6.07) is 0.580. The summed E-state index contributed by atoms with van der Waals surface area (Å²) >= 11 is 0. The van der Waals surface area contributed by atoms with Gasteiger partial charge in [0.1, 0.15) is 5.75 Å². The van der Waals surface area contributed by atoms with Gasteiger partial charge in [-0.25, -0.2) is 0 Å². The summed E-state index contributed by atoms with van der Waals surface area (Å²) in [5.41, 5.74) is 0. The molecule has 5 heteroatoms. The highest BCUT2D eigenvalue weighted by atomic mass is 32.2. The standard InChI is InChI=1S/C13H26N2O2S/c1-3-8-15-13(16)10-18(17)9-7-11-5-4-6-12(11)14-2/h11-12,14H,3-10H2,1-2H3,(H,15,16). The minimum absolute atomic E-state index is 0.0771. The largest absolute Gasteiger partial charge is 0.355 e. The number of hydrogen-bond donors (Lipinski definition) is 2. The third-order valence-corrected chi connectivity index (χ3v) is 4.89. The second-order valence-electron chi connectivity index (χ2n) is 5.01. The van der Waals surface area contributed by atoms with Crippen LogP contribution in [0.3, 0.4) is 0 Å². The quantitative estimate of drug-likeness (QED) is 0.695. The van der Waals surface area contributed by atoms with Gasteiger partial charge in [-0.05, 0) is 38.6 Å². The van der Waals surface area contributed by atoms with Crippen LogP contribution in [0.2, 0.25) is 0 Å². The molecule has 0 saturated heterocycles. The average molecular weight is 274 g/mol. The molecule has 4 nitrogen and oxygen atoms in total. The number of rotatable bonds is 8. The van der Waals surface area contributed by atoms with Gasteiger partial charge in [0.15, 0.2) is 0 Å². The van der Waals surface area contributed by atoms with E-state index >= 15 is 0 Å². The lowest BCUT2D eigenvalue weighted by atomic mass is 10.0. The van der Waals surface area contributed by atoms with Crippen LogP contribution in [0.15, 0.2) is 0 Å². The Morgan fingerprint density at radius 2 is 2.17 bits per heavy atom. The van der Waals surface area contributed by atoms with Crippen LogP contribution in [0, 0.1) is 5.92 Å². The summed E-state index contributed by atoms with van der Waals surface area (Å²) in [6.07, 6.45) is 5.61. The minimum atomic E-state index is -1.01. The molecule has 0 aliphatic heterocycles. The summed E-state index contributed by atoms with van der Waals surface area (Å²) in [5.74, 6) is 1.38. The van der Waals surface area contributed by atoms with Crippen molar-refractivity contribution in [2.45, 2.75) is 45.1 Å². The highest BCUT2D eigenvalue weighted by molar-refractivity contribution is 7.85. The first kappa shape index (κ1) is 15.6. The molecule has 0 aromatic rings. The van der Waals surface area contributed by atoms with Crippen LogP contribution >= 0.6 is 0 Å². The Kier molecular flexibility index (Phi) is 7.51. The molecular formula is C13H26N2O2S. The van der Waals surface area contributed by atoms with E-state index in [0.717, 1.165) is 12.8 Å². The van der Waals surface area contributed by atoms with E-state index in [-0.39, 0.29) is 11.7 Å². The molecule has 1 fully saturated rings. The van der Waals surface area contributed by atoms with Crippen molar-refractivity contribution in [1.29, 1.82) is 0 Å². The normalized spacial score (nSPS) is 25.0. The van der Waals surface area contributed by atoms with Crippen LogP contribution < -0.4 is 10.6 Å². The fourth-order valence-corrected chi connectivity index (χ4v) is 3.68. The highest BCUT2D eigenvalue weighted by Crippen LogP contribution is 2.28. The van der Waals surface area contributed by atoms with Gasteiger partial charge in [0.05, 0.1) is 0 Å². The van der Waals surface area contributed by atoms with Crippen molar-refractivity contribution in [3.05, 3.63) is 0 Å². The Morgan fingerprint density at radius 1 is 1.39 bits per heavy atom. The topological polar surface area (TPSA) is 58.2 Å². The number of nitrogens with one attached hydrogen (secondary N) is 2. The maximum absolute atomic E-state index is 11.8. The molecular weight excluding hydrogens is 248 g/mol. The van der Waals surface area contributed by atoms with Gasteiger partial charge < -0.3 is 10.6 Å². The zero-order chi connectivity index (χ0) is 13.4. The predicted molar refractivity (Wildman–Crippen MR) is 76.0 cm³/mol. The molecule has 1 aliphatic carbocycles. The summed E-state index contributed by atoms with van der Waals surface area (Å²) in [7, 11) is 0.992. The van der Waals surface area contributed by atoms with Crippen LogP contribution in [-0.4, -0.2) is 41.3 Å². The molecule has 0 spiro atoms. The van der Waals surface area contributed by atoms with Crippen LogP contribution in [-0.2, 0) is 15.6 Å². The van der Waals surface area contributed by atoms with Crippen molar-refractivity contribution >= 4 is 16.7 Å². The predicted octanol–water partition coefficient (Wildman–Crippen LogP) is 1.04. The molecule has 0 aromatic carbocycles. The summed E-state index contributed by atoms with van der Waals surface area (Å²) in [6.45, 7) is 2.69. The van der Waals surface area contributed by atoms with Gasteiger partial charge in [-0.15, -0.1) is 0 Å². The van der Waals surface area contributed by atoms with E-state index in [0.29, 0.717) is 24.3 Å². The highest BCUT2D eigenvalue weighted by Gasteiger charge is 2.25. The number of amides is 1. The average Bonchev–Trinajstić information content (AvgIpc) is 2.81. The van der Waals surface area contributed by atoms with Crippen LogP contribution in [0.5, 0.6) is 0 Å². The van der Waals surface area contributed by atoms with Crippen LogP contribution in [0.4, 0.5) is 0 Å². The van der Waals surface area contributed by atoms with Crippen molar-refractivity contribution in [3.8, 4) is 0 Å². The van der Waals surface area contributed by atoms with Crippen LogP contribution in [0.1, 0.15) is 39.0 Å². The molecule has 1 rings (SSSR count). The zero-order valence-corrected chi connectivity index (χ0v) is 12.4. The SMILES string of the molecule is CCCNC(=O)CS(=O)CCC1CCCC1NC. The van der Waals surface area contributed by atoms with E-state index in [1.165, 1.54) is 19.3 Å². The molecule has 0 aromatic heterocycles. The third kappa shape index (κ3) is 5.48. The summed E-state index contributed by atoms with van der Waals surface area (Å²) in [4.78, 5) is 11.4. The molecule has 2 N–H and O–H groups in total. The van der Waals surface area contributed by atoms with Crippen molar-refractivity contribution in [2.75, 3.05) is 25.1 Å². The molecule has 18 heavy (non-hydrogen) atoms. The molecule has 106 valence electrons. The van der Waals surface area contributed by atoms with Crippen LogP contribution in [0.25, 0.3) is 0 Å². The lowest BCUT2D eigenvalue weighted by Gasteiger charge is -2.18. The zero-order valence-electron chi connectivity index (χ0n) is 11.5. The van der Waals surface area contributed by atoms with Crippen molar-refractivity contribution in [2.24, 2.45) is 5.92 Å². The molecule has 1 saturated carbocycles. The first-order valence-electron chi connectivity index (χ1n) is 6.96. The van der Waals surface area contributed by atoms with Gasteiger partial charge >= 0.3 is 0 Å². The molecule has 3 unspecified atom stereocenters. The van der Waals surface area contributed by atoms with E-state index in [1.807, 2.05) is 14.0 Å². The Bertz CT molecular complexity index is 284. The smallest absolute Gasteiger partial charge is 0.232 e. The lowest BCUT2D eigenvalue weighted by molar-refractivity contribution is -0.118. The number of carbonyl (C=O) groups is 1. The number of hydrogen-bond acceptors (Lipinski definition) is 3. The fourth-order valence-electron chi connectivity index (χ4n) is 2.58. The molecule has 0 heterocycles. The second kappa shape index (κ2) is 8.64. The minimum Gasteiger partial charge on any atom is -0.355 e. The third-order valence-electron chi connectivity index (χ3n) is 3.61. The molecule has 1 aliphatic rings. The maximum atomic E-state index is 11.8. The molecule has 1 amide bonds. The Balaban J connectivity index is 2.18. The first-order valence-corrected chi connectivity index (χ1v) is 8.45. The summed E-state index contributed by atoms with van der Waals surface area (Å²) < 4.78 is 11.8. The van der Waals surface area contributed by atoms with Gasteiger partial charge in [0.2, 0.25) is 5.91 Å². The van der Waals surface area contributed by atoms with Gasteiger partial charge in [-0.2, -0.15) is 0 Å². The Hall–Kier alpha value is -0.420. The van der Waals surface area contributed by atoms with Gasteiger partial charge in [0, 0.05) is 29.1 Å². The Morgan fingerprint density at radius 3 is 2.83 bits per heavy atom.